The summed E-state index contributed by atoms with van der Waals surface area (Å²) < 4.78 is 0. The average Bonchev–Trinajstić information content (AvgIpc) is 2.84. The van der Waals surface area contributed by atoms with E-state index < -0.39 is 0 Å². The molecule has 2 rings (SSSR count). The molecule has 0 aliphatic rings. The summed E-state index contributed by atoms with van der Waals surface area (Å²) in [6.07, 6.45) is 0. The first-order valence-corrected chi connectivity index (χ1v) is 6.39. The van der Waals surface area contributed by atoms with Crippen LogP contribution < -0.4 is 5.32 Å². The van der Waals surface area contributed by atoms with Crippen molar-refractivity contribution in [3.8, 4) is 6.07 Å². The molecule has 0 spiro atoms. The van der Waals surface area contributed by atoms with Crippen molar-refractivity contribution >= 4 is 11.3 Å². The lowest BCUT2D eigenvalue weighted by Crippen LogP contribution is -2.18. The number of hydrogen-bond acceptors (Lipinski definition) is 3. The maximum atomic E-state index is 9.12. The van der Waals surface area contributed by atoms with Gasteiger partial charge in [0.25, 0.3) is 0 Å². The van der Waals surface area contributed by atoms with Crippen molar-refractivity contribution in [3.05, 3.63) is 57.8 Å². The minimum atomic E-state index is -0.212. The van der Waals surface area contributed by atoms with Gasteiger partial charge in [-0.3, -0.25) is 5.32 Å². The smallest absolute Gasteiger partial charge is 0.130 e. The normalized spacial score (nSPS) is 12.0. The van der Waals surface area contributed by atoms with E-state index in [1.807, 2.05) is 23.6 Å². The van der Waals surface area contributed by atoms with Crippen LogP contribution in [0.5, 0.6) is 0 Å². The topological polar surface area (TPSA) is 35.8 Å². The van der Waals surface area contributed by atoms with Crippen LogP contribution in [0.15, 0.2) is 41.8 Å². The SMILES string of the molecule is Cc1cccc(CNC(C#N)c2cccs2)c1. The van der Waals surface area contributed by atoms with E-state index in [9.17, 15) is 0 Å². The first-order valence-electron chi connectivity index (χ1n) is 5.51. The molecule has 1 atom stereocenters. The highest BCUT2D eigenvalue weighted by atomic mass is 32.1. The second-order valence-electron chi connectivity index (χ2n) is 3.95. The first-order chi connectivity index (χ1) is 8.29. The van der Waals surface area contributed by atoms with Crippen molar-refractivity contribution in [2.75, 3.05) is 0 Å². The van der Waals surface area contributed by atoms with Crippen molar-refractivity contribution in [2.45, 2.75) is 19.5 Å². The van der Waals surface area contributed by atoms with E-state index in [-0.39, 0.29) is 6.04 Å². The van der Waals surface area contributed by atoms with Gasteiger partial charge in [0.15, 0.2) is 0 Å². The highest BCUT2D eigenvalue weighted by Gasteiger charge is 2.10. The molecule has 1 aromatic carbocycles. The van der Waals surface area contributed by atoms with Gasteiger partial charge in [0, 0.05) is 11.4 Å². The van der Waals surface area contributed by atoms with Gasteiger partial charge in [0.2, 0.25) is 0 Å². The van der Waals surface area contributed by atoms with Crippen LogP contribution in [0.1, 0.15) is 22.0 Å². The van der Waals surface area contributed by atoms with Gasteiger partial charge in [-0.15, -0.1) is 11.3 Å². The van der Waals surface area contributed by atoms with Crippen LogP contribution in [0.25, 0.3) is 0 Å². The lowest BCUT2D eigenvalue weighted by Gasteiger charge is -2.10. The summed E-state index contributed by atoms with van der Waals surface area (Å²) >= 11 is 1.61. The zero-order chi connectivity index (χ0) is 12.1. The Hall–Kier alpha value is -1.63. The number of aryl methyl sites for hydroxylation is 1. The lowest BCUT2D eigenvalue weighted by molar-refractivity contribution is 0.638. The minimum Gasteiger partial charge on any atom is -0.293 e. The Kier molecular flexibility index (Phi) is 3.92. The van der Waals surface area contributed by atoms with Gasteiger partial charge < -0.3 is 0 Å². The molecule has 0 fully saturated rings. The average molecular weight is 242 g/mol. The van der Waals surface area contributed by atoms with E-state index in [1.54, 1.807) is 11.3 Å². The quantitative estimate of drug-likeness (QED) is 0.891. The number of thiophene rings is 1. The molecule has 1 heterocycles. The van der Waals surface area contributed by atoms with Gasteiger partial charge in [-0.05, 0) is 23.9 Å². The Morgan fingerprint density at radius 2 is 2.24 bits per heavy atom. The molecule has 1 N–H and O–H groups in total. The Balaban J connectivity index is 2.00. The Morgan fingerprint density at radius 3 is 2.88 bits per heavy atom. The summed E-state index contributed by atoms with van der Waals surface area (Å²) in [5.74, 6) is 0. The number of nitriles is 1. The molecule has 1 unspecified atom stereocenters. The van der Waals surface area contributed by atoms with E-state index >= 15 is 0 Å². The molecule has 0 amide bonds. The monoisotopic (exact) mass is 242 g/mol. The van der Waals surface area contributed by atoms with E-state index in [1.165, 1.54) is 11.1 Å². The number of rotatable bonds is 4. The van der Waals surface area contributed by atoms with Crippen LogP contribution in [0.4, 0.5) is 0 Å². The third-order valence-corrected chi connectivity index (χ3v) is 3.49. The molecule has 0 bridgehead atoms. The maximum Gasteiger partial charge on any atom is 0.130 e. The summed E-state index contributed by atoms with van der Waals surface area (Å²) in [4.78, 5) is 1.07. The van der Waals surface area contributed by atoms with Crippen LogP contribution in [0.2, 0.25) is 0 Å². The second kappa shape index (κ2) is 5.62. The Labute approximate surface area is 106 Å². The highest BCUT2D eigenvalue weighted by Crippen LogP contribution is 2.18. The predicted molar refractivity (Wildman–Crippen MR) is 70.7 cm³/mol. The molecular formula is C14H14N2S. The summed E-state index contributed by atoms with van der Waals surface area (Å²) in [6.45, 7) is 2.79. The largest absolute Gasteiger partial charge is 0.293 e. The molecule has 0 aliphatic heterocycles. The van der Waals surface area contributed by atoms with Crippen molar-refractivity contribution in [2.24, 2.45) is 0 Å². The molecule has 2 aromatic rings. The third kappa shape index (κ3) is 3.16. The maximum absolute atomic E-state index is 9.12. The molecule has 86 valence electrons. The Bertz CT molecular complexity index is 511. The summed E-state index contributed by atoms with van der Waals surface area (Å²) in [6, 6.07) is 14.4. The fourth-order valence-electron chi connectivity index (χ4n) is 1.71. The minimum absolute atomic E-state index is 0.212. The van der Waals surface area contributed by atoms with Crippen LogP contribution in [0, 0.1) is 18.3 Å². The highest BCUT2D eigenvalue weighted by molar-refractivity contribution is 7.10. The van der Waals surface area contributed by atoms with Crippen molar-refractivity contribution in [1.29, 1.82) is 5.26 Å². The van der Waals surface area contributed by atoms with Gasteiger partial charge in [-0.2, -0.15) is 5.26 Å². The molecule has 0 radical (unpaired) electrons. The number of hydrogen-bond donors (Lipinski definition) is 1. The van der Waals surface area contributed by atoms with Gasteiger partial charge >= 0.3 is 0 Å². The Morgan fingerprint density at radius 1 is 1.35 bits per heavy atom. The zero-order valence-corrected chi connectivity index (χ0v) is 10.5. The zero-order valence-electron chi connectivity index (χ0n) is 9.68. The van der Waals surface area contributed by atoms with Gasteiger partial charge in [0.1, 0.15) is 6.04 Å². The fraction of sp³-hybridized carbons (Fsp3) is 0.214. The van der Waals surface area contributed by atoms with Gasteiger partial charge in [-0.1, -0.05) is 35.9 Å². The van der Waals surface area contributed by atoms with Crippen molar-refractivity contribution < 1.29 is 0 Å². The van der Waals surface area contributed by atoms with Gasteiger partial charge in [0.05, 0.1) is 6.07 Å². The second-order valence-corrected chi connectivity index (χ2v) is 4.93. The van der Waals surface area contributed by atoms with E-state index in [0.717, 1.165) is 11.4 Å². The van der Waals surface area contributed by atoms with Crippen molar-refractivity contribution in [1.82, 2.24) is 5.32 Å². The van der Waals surface area contributed by atoms with Crippen LogP contribution >= 0.6 is 11.3 Å². The molecule has 0 saturated carbocycles. The van der Waals surface area contributed by atoms with Gasteiger partial charge in [-0.25, -0.2) is 0 Å². The summed E-state index contributed by atoms with van der Waals surface area (Å²) in [5.41, 5.74) is 2.45. The molecule has 17 heavy (non-hydrogen) atoms. The summed E-state index contributed by atoms with van der Waals surface area (Å²) in [7, 11) is 0. The van der Waals surface area contributed by atoms with Crippen LogP contribution in [0.3, 0.4) is 0 Å². The van der Waals surface area contributed by atoms with E-state index in [0.29, 0.717) is 0 Å². The molecule has 3 heteroatoms. The number of nitrogens with zero attached hydrogens (tertiary/aromatic N) is 1. The standard InChI is InChI=1S/C14H14N2S/c1-11-4-2-5-12(8-11)10-16-13(9-15)14-6-3-7-17-14/h2-8,13,16H,10H2,1H3. The number of benzene rings is 1. The first kappa shape index (κ1) is 11.8. The lowest BCUT2D eigenvalue weighted by atomic mass is 10.1. The number of nitrogens with one attached hydrogen (secondary N) is 1. The van der Waals surface area contributed by atoms with E-state index in [4.69, 9.17) is 5.26 Å². The third-order valence-electron chi connectivity index (χ3n) is 2.55. The molecular weight excluding hydrogens is 228 g/mol. The van der Waals surface area contributed by atoms with E-state index in [2.05, 4.69) is 36.5 Å². The van der Waals surface area contributed by atoms with Crippen LogP contribution in [-0.4, -0.2) is 0 Å². The molecule has 1 aromatic heterocycles. The molecule has 2 nitrogen and oxygen atoms in total. The van der Waals surface area contributed by atoms with Crippen molar-refractivity contribution in [3.63, 3.8) is 0 Å². The fourth-order valence-corrected chi connectivity index (χ4v) is 2.45. The molecule has 0 aliphatic carbocycles. The van der Waals surface area contributed by atoms with Crippen LogP contribution in [-0.2, 0) is 6.54 Å². The predicted octanol–water partition coefficient (Wildman–Crippen LogP) is 3.41. The summed E-state index contributed by atoms with van der Waals surface area (Å²) in [5, 5.41) is 14.4. The molecule has 0 saturated heterocycles.